The summed E-state index contributed by atoms with van der Waals surface area (Å²) in [6.07, 6.45) is 0. The molecule has 0 aliphatic carbocycles. The van der Waals surface area contributed by atoms with Crippen molar-refractivity contribution in [2.45, 2.75) is 13.5 Å². The van der Waals surface area contributed by atoms with Gasteiger partial charge in [0.15, 0.2) is 0 Å². The van der Waals surface area contributed by atoms with E-state index in [1.54, 1.807) is 0 Å². The van der Waals surface area contributed by atoms with Gasteiger partial charge in [0.05, 0.1) is 9.21 Å². The molecule has 1 heterocycles. The van der Waals surface area contributed by atoms with Crippen LogP contribution < -0.4 is 0 Å². The largest absolute Gasteiger partial charge is 0.330 e. The smallest absolute Gasteiger partial charge is 0.0855 e. The first-order valence-electron chi connectivity index (χ1n) is 2.76. The van der Waals surface area contributed by atoms with Gasteiger partial charge in [-0.2, -0.15) is 0 Å². The number of nitrogens with zero attached hydrogens (tertiary/aromatic N) is 1. The minimum atomic E-state index is 0.994. The van der Waals surface area contributed by atoms with E-state index in [1.807, 2.05) is 12.1 Å². The van der Waals surface area contributed by atoms with Gasteiger partial charge in [-0.25, -0.2) is 0 Å². The van der Waals surface area contributed by atoms with Gasteiger partial charge in [0, 0.05) is 6.54 Å². The molecule has 3 heteroatoms. The summed E-state index contributed by atoms with van der Waals surface area (Å²) in [6.45, 7) is 3.10. The van der Waals surface area contributed by atoms with Gasteiger partial charge >= 0.3 is 0 Å². The van der Waals surface area contributed by atoms with Crippen LogP contribution >= 0.6 is 31.9 Å². The molecule has 0 spiro atoms. The fraction of sp³-hybridized carbons (Fsp3) is 0.333. The average Bonchev–Trinajstić information content (AvgIpc) is 2.12. The van der Waals surface area contributed by atoms with Crippen molar-refractivity contribution in [1.82, 2.24) is 4.57 Å². The maximum atomic E-state index is 3.41. The van der Waals surface area contributed by atoms with Crippen molar-refractivity contribution in [2.75, 3.05) is 0 Å². The van der Waals surface area contributed by atoms with Crippen LogP contribution in [0.4, 0.5) is 0 Å². The molecule has 1 nitrogen and oxygen atoms in total. The minimum absolute atomic E-state index is 0.994. The molecule has 1 aromatic rings. The Morgan fingerprint density at radius 2 is 1.78 bits per heavy atom. The normalized spacial score (nSPS) is 10.1. The SMILES string of the molecule is CCn1c(Br)ccc1Br. The molecule has 0 aromatic carbocycles. The first-order chi connectivity index (χ1) is 4.25. The number of hydrogen-bond acceptors (Lipinski definition) is 0. The highest BCUT2D eigenvalue weighted by Crippen LogP contribution is 2.19. The van der Waals surface area contributed by atoms with Crippen LogP contribution in [-0.4, -0.2) is 4.57 Å². The quantitative estimate of drug-likeness (QED) is 0.724. The Morgan fingerprint density at radius 1 is 1.33 bits per heavy atom. The number of rotatable bonds is 1. The molecule has 1 aromatic heterocycles. The maximum Gasteiger partial charge on any atom is 0.0855 e. The van der Waals surface area contributed by atoms with Crippen LogP contribution in [0.1, 0.15) is 6.92 Å². The van der Waals surface area contributed by atoms with Gasteiger partial charge < -0.3 is 4.57 Å². The molecular formula is C6H7Br2N. The van der Waals surface area contributed by atoms with Crippen molar-refractivity contribution in [3.05, 3.63) is 21.3 Å². The van der Waals surface area contributed by atoms with Crippen LogP contribution in [0.5, 0.6) is 0 Å². The summed E-state index contributed by atoms with van der Waals surface area (Å²) < 4.78 is 4.37. The molecular weight excluding hydrogens is 246 g/mol. The number of aromatic nitrogens is 1. The fourth-order valence-electron chi connectivity index (χ4n) is 0.722. The van der Waals surface area contributed by atoms with Crippen molar-refractivity contribution in [2.24, 2.45) is 0 Å². The molecule has 0 saturated heterocycles. The average molecular weight is 253 g/mol. The highest BCUT2D eigenvalue weighted by molar-refractivity contribution is 9.11. The maximum absolute atomic E-state index is 3.41. The van der Waals surface area contributed by atoms with Gasteiger partial charge in [0.1, 0.15) is 0 Å². The van der Waals surface area contributed by atoms with E-state index in [4.69, 9.17) is 0 Å². The zero-order valence-electron chi connectivity index (χ0n) is 5.06. The molecule has 1 rings (SSSR count). The van der Waals surface area contributed by atoms with Crippen LogP contribution in [0.15, 0.2) is 21.3 Å². The van der Waals surface area contributed by atoms with E-state index >= 15 is 0 Å². The number of hydrogen-bond donors (Lipinski definition) is 0. The molecule has 0 radical (unpaired) electrons. The van der Waals surface area contributed by atoms with Gasteiger partial charge in [0.25, 0.3) is 0 Å². The standard InChI is InChI=1S/C6H7Br2N/c1-2-9-5(7)3-4-6(9)8/h3-4H,2H2,1H3. The van der Waals surface area contributed by atoms with Gasteiger partial charge in [-0.15, -0.1) is 0 Å². The molecule has 50 valence electrons. The Kier molecular flexibility index (Phi) is 2.35. The summed E-state index contributed by atoms with van der Waals surface area (Å²) in [7, 11) is 0. The van der Waals surface area contributed by atoms with Crippen molar-refractivity contribution >= 4 is 31.9 Å². The predicted octanol–water partition coefficient (Wildman–Crippen LogP) is 3.03. The monoisotopic (exact) mass is 251 g/mol. The highest BCUT2D eigenvalue weighted by atomic mass is 79.9. The number of halogens is 2. The third-order valence-corrected chi connectivity index (χ3v) is 2.58. The van der Waals surface area contributed by atoms with E-state index in [9.17, 15) is 0 Å². The molecule has 0 N–H and O–H groups in total. The Hall–Kier alpha value is 0.240. The van der Waals surface area contributed by atoms with Crippen LogP contribution in [0.2, 0.25) is 0 Å². The Labute approximate surface area is 71.3 Å². The van der Waals surface area contributed by atoms with Crippen molar-refractivity contribution in [1.29, 1.82) is 0 Å². The second-order valence-corrected chi connectivity index (χ2v) is 3.35. The first-order valence-corrected chi connectivity index (χ1v) is 4.35. The van der Waals surface area contributed by atoms with Crippen molar-refractivity contribution in [3.8, 4) is 0 Å². The molecule has 0 bridgehead atoms. The topological polar surface area (TPSA) is 4.93 Å². The lowest BCUT2D eigenvalue weighted by Crippen LogP contribution is -1.92. The van der Waals surface area contributed by atoms with E-state index < -0.39 is 0 Å². The molecule has 0 amide bonds. The van der Waals surface area contributed by atoms with Crippen molar-refractivity contribution in [3.63, 3.8) is 0 Å². The van der Waals surface area contributed by atoms with Gasteiger partial charge in [-0.05, 0) is 50.9 Å². The zero-order chi connectivity index (χ0) is 6.85. The Bertz CT molecular complexity index is 185. The zero-order valence-corrected chi connectivity index (χ0v) is 8.24. The van der Waals surface area contributed by atoms with E-state index in [-0.39, 0.29) is 0 Å². The van der Waals surface area contributed by atoms with Crippen LogP contribution in [-0.2, 0) is 6.54 Å². The first kappa shape index (κ1) is 7.35. The van der Waals surface area contributed by atoms with Crippen LogP contribution in [0.25, 0.3) is 0 Å². The lowest BCUT2D eigenvalue weighted by atomic mass is 10.7. The Balaban J connectivity index is 3.07. The van der Waals surface area contributed by atoms with E-state index in [2.05, 4.69) is 43.4 Å². The van der Waals surface area contributed by atoms with E-state index in [0.29, 0.717) is 0 Å². The van der Waals surface area contributed by atoms with Gasteiger partial charge in [-0.3, -0.25) is 0 Å². The molecule has 0 saturated carbocycles. The van der Waals surface area contributed by atoms with Crippen molar-refractivity contribution < 1.29 is 0 Å². The second-order valence-electron chi connectivity index (χ2n) is 1.72. The molecule has 9 heavy (non-hydrogen) atoms. The fourth-order valence-corrected chi connectivity index (χ4v) is 2.11. The molecule has 0 unspecified atom stereocenters. The summed E-state index contributed by atoms with van der Waals surface area (Å²) in [5.41, 5.74) is 0. The predicted molar refractivity (Wildman–Crippen MR) is 45.5 cm³/mol. The van der Waals surface area contributed by atoms with Crippen LogP contribution in [0.3, 0.4) is 0 Å². The van der Waals surface area contributed by atoms with E-state index in [0.717, 1.165) is 15.8 Å². The third-order valence-electron chi connectivity index (χ3n) is 1.19. The Morgan fingerprint density at radius 3 is 2.00 bits per heavy atom. The van der Waals surface area contributed by atoms with E-state index in [1.165, 1.54) is 0 Å². The lowest BCUT2D eigenvalue weighted by Gasteiger charge is -1.99. The summed E-state index contributed by atoms with van der Waals surface area (Å²) in [4.78, 5) is 0. The molecule has 0 atom stereocenters. The summed E-state index contributed by atoms with van der Waals surface area (Å²) in [5, 5.41) is 0. The second kappa shape index (κ2) is 2.88. The molecule has 0 aliphatic rings. The van der Waals surface area contributed by atoms with Crippen LogP contribution in [0, 0.1) is 0 Å². The highest BCUT2D eigenvalue weighted by Gasteiger charge is 1.98. The summed E-state index contributed by atoms with van der Waals surface area (Å²) in [5.74, 6) is 0. The minimum Gasteiger partial charge on any atom is -0.330 e. The third kappa shape index (κ3) is 1.38. The molecule has 0 aliphatic heterocycles. The van der Waals surface area contributed by atoms with Gasteiger partial charge in [-0.1, -0.05) is 0 Å². The summed E-state index contributed by atoms with van der Waals surface area (Å²) in [6, 6.07) is 4.04. The molecule has 0 fully saturated rings. The van der Waals surface area contributed by atoms with Gasteiger partial charge in [0.2, 0.25) is 0 Å². The summed E-state index contributed by atoms with van der Waals surface area (Å²) >= 11 is 6.82. The lowest BCUT2D eigenvalue weighted by molar-refractivity contribution is 0.735.